The van der Waals surface area contributed by atoms with Crippen molar-refractivity contribution < 1.29 is 38.1 Å². The number of aliphatic imine (C=N–C) groups is 1. The van der Waals surface area contributed by atoms with Crippen molar-refractivity contribution in [1.29, 1.82) is 0 Å². The van der Waals surface area contributed by atoms with Gasteiger partial charge in [0.1, 0.15) is 46.5 Å². The Balaban J connectivity index is 1.39. The summed E-state index contributed by atoms with van der Waals surface area (Å²) in [6.07, 6.45) is 4.37. The van der Waals surface area contributed by atoms with Crippen LogP contribution in [0.25, 0.3) is 22.8 Å². The normalized spacial score (nSPS) is 22.9. The lowest BCUT2D eigenvalue weighted by atomic mass is 9.59. The predicted molar refractivity (Wildman–Crippen MR) is 334 cm³/mol. The summed E-state index contributed by atoms with van der Waals surface area (Å²) in [5.41, 5.74) is 4.28. The molecule has 12 heteroatoms. The summed E-state index contributed by atoms with van der Waals surface area (Å²) in [5.74, 6) is 0.0544. The van der Waals surface area contributed by atoms with Gasteiger partial charge in [-0.15, -0.1) is 0 Å². The molecule has 0 saturated heterocycles. The number of carbonyl (C=O) groups excluding carboxylic acids is 4. The Kier molecular flexibility index (Phi) is 18.0. The number of aryl methyl sites for hydroxylation is 2. The van der Waals surface area contributed by atoms with E-state index in [0.29, 0.717) is 79.2 Å². The Hall–Kier alpha value is -7.21. The molecule has 2 aliphatic carbocycles. The average molecular weight is 1130 g/mol. The summed E-state index contributed by atoms with van der Waals surface area (Å²) in [5, 5.41) is 6.22. The van der Waals surface area contributed by atoms with Gasteiger partial charge in [0.05, 0.1) is 25.6 Å². The van der Waals surface area contributed by atoms with Crippen LogP contribution in [0.4, 0.5) is 5.82 Å². The molecule has 2 saturated carbocycles. The van der Waals surface area contributed by atoms with Gasteiger partial charge < -0.3 is 34.6 Å². The molecule has 0 spiro atoms. The molecule has 2 heterocycles. The van der Waals surface area contributed by atoms with E-state index in [1.54, 1.807) is 56.7 Å². The van der Waals surface area contributed by atoms with Crippen molar-refractivity contribution in [2.45, 2.75) is 149 Å². The number of carbonyl (C=O) groups is 4. The summed E-state index contributed by atoms with van der Waals surface area (Å²) < 4.78 is 25.1. The van der Waals surface area contributed by atoms with Crippen LogP contribution in [0, 0.1) is 71.0 Å². The first kappa shape index (κ1) is 61.9. The number of nitrogens with one attached hydrogen (secondary N) is 3. The summed E-state index contributed by atoms with van der Waals surface area (Å²) >= 11 is 0. The first-order valence-corrected chi connectivity index (χ1v) is 29.7. The molecule has 0 radical (unpaired) electrons. The molecule has 2 amide bonds. The maximum atomic E-state index is 15.9. The molecule has 3 N–H and O–H groups in total. The van der Waals surface area contributed by atoms with Gasteiger partial charge in [-0.3, -0.25) is 9.59 Å². The quantitative estimate of drug-likeness (QED) is 0.104. The molecule has 0 bridgehead atoms. The molecule has 1 aliphatic heterocycles. The average Bonchev–Trinajstić information content (AvgIpc) is 3.33. The van der Waals surface area contributed by atoms with Crippen molar-refractivity contribution in [3.05, 3.63) is 147 Å². The van der Waals surface area contributed by atoms with Crippen LogP contribution < -0.4 is 20.1 Å². The maximum absolute atomic E-state index is 15.9. The number of hydrogen-bond acceptors (Lipinski definition) is 9. The topological polar surface area (TPSA) is 157 Å². The number of benzene rings is 4. The molecule has 4 aromatic carbocycles. The second-order valence-electron chi connectivity index (χ2n) is 28.2. The van der Waals surface area contributed by atoms with Gasteiger partial charge in [-0.1, -0.05) is 158 Å². The lowest BCUT2D eigenvalue weighted by Gasteiger charge is -2.50. The zero-order valence-electron chi connectivity index (χ0n) is 52.5. The number of aromatic amines is 1. The standard InChI is InChI=1S/C71H90N4O8/c1-40-33-50(68(5,6)7)60(51(34-40)69(8,9)10)82-66(78)58-56(44-25-21-19-22-26-44)54(72-62(58)74-64(76)48-31-29-46(80-17)37-42(48)3)39-55-57(45-27-23-20-24-28-45)59(63(73-55)75-65(77)49-32-30-47(81-18)38-43(49)4)67(79)83-61-52(70(11,12)13)35-41(2)36-53(61)71(14,15)16/h19-32,37-41,50-53,60-61,72H,33-36H2,1-18H3,(H,74,76)(H,73,75,77)/b55-39-. The Bertz CT molecular complexity index is 3270. The number of amides is 2. The van der Waals surface area contributed by atoms with Crippen molar-refractivity contribution >= 4 is 47.1 Å². The molecule has 3 aliphatic rings. The fraction of sp³-hybridized carbons (Fsp3) is 0.479. The van der Waals surface area contributed by atoms with Crippen LogP contribution in [0.15, 0.2) is 113 Å². The molecule has 1 aromatic heterocycles. The Morgan fingerprint density at radius 1 is 0.554 bits per heavy atom. The second-order valence-corrected chi connectivity index (χ2v) is 28.2. The molecule has 83 heavy (non-hydrogen) atoms. The number of amidine groups is 1. The van der Waals surface area contributed by atoms with E-state index in [9.17, 15) is 9.59 Å². The van der Waals surface area contributed by atoms with Gasteiger partial charge in [0, 0.05) is 45.9 Å². The second kappa shape index (κ2) is 24.2. The zero-order valence-corrected chi connectivity index (χ0v) is 52.5. The van der Waals surface area contributed by atoms with E-state index in [1.807, 2.05) is 74.5 Å². The van der Waals surface area contributed by atoms with Crippen LogP contribution in [0.1, 0.15) is 176 Å². The van der Waals surface area contributed by atoms with E-state index in [-0.39, 0.29) is 68.1 Å². The first-order valence-electron chi connectivity index (χ1n) is 29.7. The van der Waals surface area contributed by atoms with Crippen molar-refractivity contribution in [2.24, 2.45) is 62.2 Å². The van der Waals surface area contributed by atoms with Gasteiger partial charge in [-0.05, 0) is 138 Å². The van der Waals surface area contributed by atoms with Crippen molar-refractivity contribution in [3.63, 3.8) is 0 Å². The minimum atomic E-state index is -0.619. The SMILES string of the molecule is COc1ccc(C(=O)NC2=N/C(=C\c3[nH]c(NC(=O)c4ccc(OC)cc4C)c(C(=O)OC4C(C(C)(C)C)CC(C)CC4C(C)(C)C)c3-c3ccccc3)C(c3ccccc3)=C2C(=O)OC2C(C(C)(C)C)CC(C)CC2C(C)(C)C)c(C)c1. The number of esters is 2. The molecule has 4 unspecified atom stereocenters. The van der Waals surface area contributed by atoms with Gasteiger partial charge in [0.15, 0.2) is 0 Å². The third-order valence-electron chi connectivity index (χ3n) is 17.8. The monoisotopic (exact) mass is 1130 g/mol. The molecule has 2 fully saturated rings. The van der Waals surface area contributed by atoms with E-state index in [1.165, 1.54) is 0 Å². The number of rotatable bonds is 12. The Labute approximate surface area is 493 Å². The van der Waals surface area contributed by atoms with Crippen LogP contribution in [-0.4, -0.2) is 61.0 Å². The highest BCUT2D eigenvalue weighted by atomic mass is 16.5. The van der Waals surface area contributed by atoms with Crippen LogP contribution in [0.3, 0.4) is 0 Å². The lowest BCUT2D eigenvalue weighted by molar-refractivity contribution is -0.164. The summed E-state index contributed by atoms with van der Waals surface area (Å²) in [6, 6.07) is 29.4. The van der Waals surface area contributed by atoms with E-state index in [4.69, 9.17) is 23.9 Å². The molecule has 12 nitrogen and oxygen atoms in total. The van der Waals surface area contributed by atoms with Gasteiger partial charge in [-0.2, -0.15) is 0 Å². The summed E-state index contributed by atoms with van der Waals surface area (Å²) in [4.78, 5) is 70.1. The number of allylic oxidation sites excluding steroid dienone is 1. The third-order valence-corrected chi connectivity index (χ3v) is 17.8. The van der Waals surface area contributed by atoms with Gasteiger partial charge in [0.25, 0.3) is 11.8 Å². The minimum Gasteiger partial charge on any atom is -0.497 e. The van der Waals surface area contributed by atoms with E-state index >= 15 is 9.59 Å². The third kappa shape index (κ3) is 13.6. The van der Waals surface area contributed by atoms with Gasteiger partial charge >= 0.3 is 11.9 Å². The fourth-order valence-electron chi connectivity index (χ4n) is 13.2. The van der Waals surface area contributed by atoms with Crippen LogP contribution >= 0.6 is 0 Å². The van der Waals surface area contributed by atoms with Crippen LogP contribution in [0.5, 0.6) is 11.5 Å². The van der Waals surface area contributed by atoms with E-state index in [2.05, 4.69) is 113 Å². The minimum absolute atomic E-state index is 0.00745. The van der Waals surface area contributed by atoms with Gasteiger partial charge in [0.2, 0.25) is 0 Å². The van der Waals surface area contributed by atoms with Crippen LogP contribution in [-0.2, 0) is 14.3 Å². The highest BCUT2D eigenvalue weighted by molar-refractivity contribution is 6.32. The van der Waals surface area contributed by atoms with Crippen molar-refractivity contribution in [3.8, 4) is 22.6 Å². The fourth-order valence-corrected chi connectivity index (χ4v) is 13.2. The number of aromatic nitrogens is 1. The lowest BCUT2D eigenvalue weighted by Crippen LogP contribution is -2.50. The summed E-state index contributed by atoms with van der Waals surface area (Å²) in [7, 11) is 3.15. The Morgan fingerprint density at radius 2 is 0.964 bits per heavy atom. The molecule has 4 atom stereocenters. The largest absolute Gasteiger partial charge is 0.497 e. The highest BCUT2D eigenvalue weighted by Crippen LogP contribution is 2.52. The molecular formula is C71H90N4O8. The highest BCUT2D eigenvalue weighted by Gasteiger charge is 2.51. The predicted octanol–water partition coefficient (Wildman–Crippen LogP) is 16.2. The number of nitrogens with zero attached hydrogens (tertiary/aromatic N) is 1. The molecular weight excluding hydrogens is 1040 g/mol. The van der Waals surface area contributed by atoms with E-state index in [0.717, 1.165) is 25.7 Å². The number of hydrogen-bond donors (Lipinski definition) is 3. The molecule has 5 aromatic rings. The van der Waals surface area contributed by atoms with Crippen LogP contribution in [0.2, 0.25) is 0 Å². The molecule has 442 valence electrons. The molecule has 8 rings (SSSR count). The smallest absolute Gasteiger partial charge is 0.342 e. The Morgan fingerprint density at radius 3 is 1.37 bits per heavy atom. The number of anilines is 1. The first-order chi connectivity index (χ1) is 38.9. The maximum Gasteiger partial charge on any atom is 0.342 e. The number of ether oxygens (including phenoxy) is 4. The number of H-pyrrole nitrogens is 1. The van der Waals surface area contributed by atoms with Gasteiger partial charge in [-0.25, -0.2) is 14.6 Å². The van der Waals surface area contributed by atoms with Crippen molar-refractivity contribution in [1.82, 2.24) is 10.3 Å². The summed E-state index contributed by atoms with van der Waals surface area (Å²) in [6.45, 7) is 34.8. The van der Waals surface area contributed by atoms with E-state index < -0.39 is 36.0 Å². The van der Waals surface area contributed by atoms with Crippen molar-refractivity contribution in [2.75, 3.05) is 19.5 Å². The number of methoxy groups -OCH3 is 2. The zero-order chi connectivity index (χ0) is 60.7.